The molecule has 0 spiro atoms. The summed E-state index contributed by atoms with van der Waals surface area (Å²) in [5.41, 5.74) is 18.5. The first-order chi connectivity index (χ1) is 32.6. The number of nitrogens with zero attached hydrogens (tertiary/aromatic N) is 3. The van der Waals surface area contributed by atoms with Crippen molar-refractivity contribution in [2.45, 2.75) is 13.8 Å². The van der Waals surface area contributed by atoms with Gasteiger partial charge in [-0.25, -0.2) is 15.0 Å². The summed E-state index contributed by atoms with van der Waals surface area (Å²) in [6.07, 6.45) is 4.24. The molecule has 9 aromatic carbocycles. The summed E-state index contributed by atoms with van der Waals surface area (Å²) in [5.74, 6) is 1.80. The molecule has 0 amide bonds. The van der Waals surface area contributed by atoms with Gasteiger partial charge in [0.25, 0.3) is 0 Å². The Bertz CT molecular complexity index is 3220. The fraction of sp³-hybridized carbons (Fsp3) is 0.0317. The lowest BCUT2D eigenvalue weighted by atomic mass is 9.78. The molecule has 0 aliphatic heterocycles. The Kier molecular flexibility index (Phi) is 12.0. The molecule has 0 aliphatic carbocycles. The van der Waals surface area contributed by atoms with Gasteiger partial charge in [-0.2, -0.15) is 0 Å². The van der Waals surface area contributed by atoms with Gasteiger partial charge >= 0.3 is 0 Å². The maximum absolute atomic E-state index is 5.41. The standard InChI is InChI=1S/C63H47N3/c1-3-24-55(63-65-61(53-39-22-37-51(41-53)45-25-10-4-11-26-45)64-62(66-63)54-40-23-38-52(42-54)46-27-12-5-13-28-46)44(2)56-43-57(47-29-14-6-15-30-47)59(49-33-18-8-19-34-49)60(50-35-20-9-21-36-50)58(56)48-31-16-7-17-32-48/h3-43H,1-2H3/b24-3-,55-44-. The highest BCUT2D eigenvalue weighted by Crippen LogP contribution is 2.50. The van der Waals surface area contributed by atoms with E-state index in [2.05, 4.69) is 250 Å². The maximum Gasteiger partial charge on any atom is 0.164 e. The van der Waals surface area contributed by atoms with Gasteiger partial charge in [-0.3, -0.25) is 0 Å². The first-order valence-electron chi connectivity index (χ1n) is 22.5. The van der Waals surface area contributed by atoms with Gasteiger partial charge in [-0.1, -0.05) is 231 Å². The summed E-state index contributed by atoms with van der Waals surface area (Å²) in [5, 5.41) is 0. The Morgan fingerprint density at radius 2 is 0.697 bits per heavy atom. The largest absolute Gasteiger partial charge is 0.208 e. The van der Waals surface area contributed by atoms with E-state index >= 15 is 0 Å². The molecular formula is C63H47N3. The van der Waals surface area contributed by atoms with Crippen LogP contribution in [0.25, 0.3) is 101 Å². The second kappa shape index (κ2) is 19.1. The van der Waals surface area contributed by atoms with Crippen LogP contribution in [0.15, 0.2) is 249 Å². The van der Waals surface area contributed by atoms with Crippen LogP contribution in [0.1, 0.15) is 25.2 Å². The number of hydrogen-bond donors (Lipinski definition) is 0. The first-order valence-corrected chi connectivity index (χ1v) is 22.5. The van der Waals surface area contributed by atoms with E-state index in [0.717, 1.165) is 89.0 Å². The first kappa shape index (κ1) is 41.5. The van der Waals surface area contributed by atoms with E-state index in [-0.39, 0.29) is 0 Å². The zero-order chi connectivity index (χ0) is 44.7. The Hall–Kier alpha value is -8.53. The van der Waals surface area contributed by atoms with Crippen LogP contribution in [0, 0.1) is 0 Å². The molecule has 3 nitrogen and oxygen atoms in total. The summed E-state index contributed by atoms with van der Waals surface area (Å²) >= 11 is 0. The van der Waals surface area contributed by atoms with E-state index in [9.17, 15) is 0 Å². The van der Waals surface area contributed by atoms with Crippen molar-refractivity contribution in [2.75, 3.05) is 0 Å². The Labute approximate surface area is 387 Å². The molecule has 0 saturated heterocycles. The maximum atomic E-state index is 5.41. The molecule has 0 aliphatic rings. The minimum absolute atomic E-state index is 0.592. The van der Waals surface area contributed by atoms with Gasteiger partial charge in [0.15, 0.2) is 17.5 Å². The second-order valence-corrected chi connectivity index (χ2v) is 16.3. The van der Waals surface area contributed by atoms with E-state index < -0.39 is 0 Å². The summed E-state index contributed by atoms with van der Waals surface area (Å²) in [7, 11) is 0. The highest BCUT2D eigenvalue weighted by atomic mass is 15.0. The number of aromatic nitrogens is 3. The molecular weight excluding hydrogens is 799 g/mol. The van der Waals surface area contributed by atoms with Crippen molar-refractivity contribution >= 4 is 11.1 Å². The Balaban J connectivity index is 1.29. The molecule has 0 fully saturated rings. The molecule has 10 aromatic rings. The predicted octanol–water partition coefficient (Wildman–Crippen LogP) is 16.7. The van der Waals surface area contributed by atoms with Crippen LogP contribution in [0.4, 0.5) is 0 Å². The summed E-state index contributed by atoms with van der Waals surface area (Å²) in [6.45, 7) is 4.28. The van der Waals surface area contributed by atoms with Crippen molar-refractivity contribution in [1.29, 1.82) is 0 Å². The monoisotopic (exact) mass is 845 g/mol. The molecule has 3 heteroatoms. The fourth-order valence-electron chi connectivity index (χ4n) is 8.90. The van der Waals surface area contributed by atoms with Crippen LogP contribution < -0.4 is 0 Å². The lowest BCUT2D eigenvalue weighted by Gasteiger charge is -2.25. The van der Waals surface area contributed by atoms with Gasteiger partial charge in [0.1, 0.15) is 0 Å². The predicted molar refractivity (Wildman–Crippen MR) is 277 cm³/mol. The van der Waals surface area contributed by atoms with Gasteiger partial charge in [0, 0.05) is 16.7 Å². The van der Waals surface area contributed by atoms with Gasteiger partial charge in [-0.15, -0.1) is 0 Å². The van der Waals surface area contributed by atoms with Crippen LogP contribution in [-0.2, 0) is 0 Å². The van der Waals surface area contributed by atoms with Crippen molar-refractivity contribution in [1.82, 2.24) is 15.0 Å². The zero-order valence-corrected chi connectivity index (χ0v) is 37.0. The van der Waals surface area contributed by atoms with Crippen molar-refractivity contribution in [3.63, 3.8) is 0 Å². The van der Waals surface area contributed by atoms with Crippen LogP contribution >= 0.6 is 0 Å². The molecule has 0 saturated carbocycles. The molecule has 1 heterocycles. The third-order valence-corrected chi connectivity index (χ3v) is 12.1. The van der Waals surface area contributed by atoms with Crippen LogP contribution in [0.2, 0.25) is 0 Å². The Morgan fingerprint density at radius 1 is 0.333 bits per heavy atom. The molecule has 0 N–H and O–H groups in total. The second-order valence-electron chi connectivity index (χ2n) is 16.3. The summed E-state index contributed by atoms with van der Waals surface area (Å²) < 4.78 is 0. The van der Waals surface area contributed by atoms with Crippen molar-refractivity contribution in [3.05, 3.63) is 260 Å². The van der Waals surface area contributed by atoms with E-state index in [1.54, 1.807) is 0 Å². The van der Waals surface area contributed by atoms with E-state index in [1.165, 1.54) is 5.56 Å². The summed E-state index contributed by atoms with van der Waals surface area (Å²) in [4.78, 5) is 16.1. The lowest BCUT2D eigenvalue weighted by Crippen LogP contribution is -2.05. The third-order valence-electron chi connectivity index (χ3n) is 12.1. The topological polar surface area (TPSA) is 38.7 Å². The molecule has 0 bridgehead atoms. The lowest BCUT2D eigenvalue weighted by molar-refractivity contribution is 1.04. The SMILES string of the molecule is C/C=C\C(=C(/C)c1cc(-c2ccccc2)c(-c2ccccc2)c(-c2ccccc2)c1-c1ccccc1)c1nc(-c2cccc(-c3ccccc3)c2)nc(-c2cccc(-c3ccccc3)c2)n1. The Morgan fingerprint density at radius 3 is 1.14 bits per heavy atom. The highest BCUT2D eigenvalue weighted by molar-refractivity contribution is 6.08. The minimum Gasteiger partial charge on any atom is -0.208 e. The average Bonchev–Trinajstić information content (AvgIpc) is 3.41. The third kappa shape index (κ3) is 8.58. The van der Waals surface area contributed by atoms with Gasteiger partial charge in [-0.05, 0) is 110 Å². The molecule has 0 unspecified atom stereocenters. The van der Waals surface area contributed by atoms with Gasteiger partial charge in [0.2, 0.25) is 0 Å². The highest BCUT2D eigenvalue weighted by Gasteiger charge is 2.25. The van der Waals surface area contributed by atoms with Crippen LogP contribution in [0.3, 0.4) is 0 Å². The van der Waals surface area contributed by atoms with Gasteiger partial charge < -0.3 is 0 Å². The molecule has 66 heavy (non-hydrogen) atoms. The average molecular weight is 846 g/mol. The smallest absolute Gasteiger partial charge is 0.164 e. The van der Waals surface area contributed by atoms with E-state index in [0.29, 0.717) is 17.5 Å². The number of rotatable bonds is 11. The minimum atomic E-state index is 0.592. The van der Waals surface area contributed by atoms with Crippen LogP contribution in [-0.4, -0.2) is 15.0 Å². The normalized spacial score (nSPS) is 11.7. The fourth-order valence-corrected chi connectivity index (χ4v) is 8.90. The number of benzene rings is 9. The van der Waals surface area contributed by atoms with E-state index in [4.69, 9.17) is 15.0 Å². The summed E-state index contributed by atoms with van der Waals surface area (Å²) in [6, 6.07) is 83.5. The number of allylic oxidation sites excluding steroid dienone is 4. The molecule has 10 rings (SSSR count). The van der Waals surface area contributed by atoms with Crippen molar-refractivity contribution in [3.8, 4) is 89.5 Å². The molecule has 0 radical (unpaired) electrons. The van der Waals surface area contributed by atoms with Crippen molar-refractivity contribution in [2.24, 2.45) is 0 Å². The van der Waals surface area contributed by atoms with Crippen molar-refractivity contribution < 1.29 is 0 Å². The van der Waals surface area contributed by atoms with E-state index in [1.807, 2.05) is 12.1 Å². The quantitative estimate of drug-likeness (QED) is 0.122. The van der Waals surface area contributed by atoms with Gasteiger partial charge in [0.05, 0.1) is 0 Å². The molecule has 314 valence electrons. The number of hydrogen-bond acceptors (Lipinski definition) is 3. The molecule has 1 aromatic heterocycles. The zero-order valence-electron chi connectivity index (χ0n) is 37.0. The molecule has 0 atom stereocenters. The van der Waals surface area contributed by atoms with Crippen LogP contribution in [0.5, 0.6) is 0 Å².